The molecule has 2 N–H and O–H groups in total. The second-order valence-electron chi connectivity index (χ2n) is 7.05. The maximum absolute atomic E-state index is 12.1. The van der Waals surface area contributed by atoms with Crippen LogP contribution in [0.15, 0.2) is 43.0 Å². The topological polar surface area (TPSA) is 103 Å². The summed E-state index contributed by atoms with van der Waals surface area (Å²) in [5, 5.41) is 6.56. The average Bonchev–Trinajstić information content (AvgIpc) is 3.46. The summed E-state index contributed by atoms with van der Waals surface area (Å²) in [5.41, 5.74) is 0.986. The number of carbonyl (C=O) groups excluding carboxylic acids is 1. The van der Waals surface area contributed by atoms with Crippen molar-refractivity contribution in [2.24, 2.45) is 0 Å². The van der Waals surface area contributed by atoms with Crippen molar-refractivity contribution in [1.29, 1.82) is 0 Å². The van der Waals surface area contributed by atoms with Crippen molar-refractivity contribution in [3.8, 4) is 17.4 Å². The van der Waals surface area contributed by atoms with Crippen molar-refractivity contribution in [1.82, 2.24) is 24.8 Å². The normalized spacial score (nSPS) is 12.0. The van der Waals surface area contributed by atoms with Crippen molar-refractivity contribution in [2.45, 2.75) is 32.2 Å². The number of ether oxygens (including phenoxy) is 2. The van der Waals surface area contributed by atoms with Gasteiger partial charge in [0.15, 0.2) is 11.5 Å². The number of amides is 1. The summed E-state index contributed by atoms with van der Waals surface area (Å²) in [7, 11) is 0. The molecular formula is C21H23ClN6O3. The lowest BCUT2D eigenvalue weighted by Gasteiger charge is -2.08. The number of carbonyl (C=O) groups is 1. The summed E-state index contributed by atoms with van der Waals surface area (Å²) < 4.78 is 12.3. The van der Waals surface area contributed by atoms with Crippen LogP contribution in [0.4, 0.5) is 5.82 Å². The monoisotopic (exact) mass is 442 g/mol. The molecule has 31 heavy (non-hydrogen) atoms. The molecule has 0 saturated heterocycles. The van der Waals surface area contributed by atoms with Gasteiger partial charge in [-0.25, -0.2) is 9.97 Å². The zero-order valence-corrected chi connectivity index (χ0v) is 17.6. The number of imidazole rings is 1. The molecule has 0 aliphatic carbocycles. The van der Waals surface area contributed by atoms with Gasteiger partial charge >= 0.3 is 0 Å². The van der Waals surface area contributed by atoms with E-state index < -0.39 is 0 Å². The Kier molecular flexibility index (Phi) is 6.83. The predicted molar refractivity (Wildman–Crippen MR) is 116 cm³/mol. The largest absolute Gasteiger partial charge is 0.454 e. The highest BCUT2D eigenvalue weighted by Crippen LogP contribution is 2.32. The molecule has 162 valence electrons. The Morgan fingerprint density at radius 1 is 1.13 bits per heavy atom. The number of nitrogens with one attached hydrogen (secondary N) is 2. The molecule has 1 amide bonds. The van der Waals surface area contributed by atoms with E-state index in [-0.39, 0.29) is 12.7 Å². The number of benzene rings is 1. The molecule has 0 bridgehead atoms. The highest BCUT2D eigenvalue weighted by molar-refractivity contribution is 6.29. The number of nitrogens with zero attached hydrogens (tertiary/aromatic N) is 4. The van der Waals surface area contributed by atoms with Crippen LogP contribution in [0.3, 0.4) is 0 Å². The quantitative estimate of drug-likeness (QED) is 0.366. The van der Waals surface area contributed by atoms with Crippen molar-refractivity contribution in [3.05, 3.63) is 53.7 Å². The van der Waals surface area contributed by atoms with E-state index in [9.17, 15) is 4.79 Å². The lowest BCUT2D eigenvalue weighted by atomic mass is 10.1. The molecule has 3 heterocycles. The minimum absolute atomic E-state index is 0.0400. The van der Waals surface area contributed by atoms with Crippen LogP contribution >= 0.6 is 11.6 Å². The van der Waals surface area contributed by atoms with Crippen LogP contribution in [0, 0.1) is 0 Å². The van der Waals surface area contributed by atoms with Gasteiger partial charge in [0.1, 0.15) is 17.3 Å². The van der Waals surface area contributed by atoms with Crippen LogP contribution in [-0.2, 0) is 11.3 Å². The van der Waals surface area contributed by atoms with Gasteiger partial charge in [0, 0.05) is 38.0 Å². The molecule has 0 atom stereocenters. The molecule has 3 aromatic rings. The van der Waals surface area contributed by atoms with Crippen molar-refractivity contribution in [2.75, 3.05) is 18.7 Å². The second-order valence-corrected chi connectivity index (χ2v) is 7.43. The fraction of sp³-hybridized carbons (Fsp3) is 0.333. The molecule has 10 heteroatoms. The van der Waals surface area contributed by atoms with Crippen LogP contribution in [0.5, 0.6) is 11.5 Å². The van der Waals surface area contributed by atoms with E-state index in [1.807, 2.05) is 18.2 Å². The Morgan fingerprint density at radius 3 is 2.90 bits per heavy atom. The Balaban J connectivity index is 1.12. The number of unbranched alkanes of at least 4 members (excludes halogenated alkanes) is 2. The smallest absolute Gasteiger partial charge is 0.238 e. The summed E-state index contributed by atoms with van der Waals surface area (Å²) in [6.07, 6.45) is 8.19. The van der Waals surface area contributed by atoms with E-state index in [2.05, 4.69) is 25.6 Å². The molecule has 1 aliphatic heterocycles. The standard InChI is InChI=1S/C21H23ClN6O3/c22-18-11-19(27-21(26-18)28-9-8-23-13-28)24-7-3-1-2-4-20(29)25-12-15-5-6-16-17(10-15)31-14-30-16/h5-6,8-11,13H,1-4,7,12,14H2,(H,25,29)(H,24,26,27). The van der Waals surface area contributed by atoms with E-state index in [1.165, 1.54) is 0 Å². The summed E-state index contributed by atoms with van der Waals surface area (Å²) >= 11 is 6.08. The number of hydrogen-bond donors (Lipinski definition) is 2. The van der Waals surface area contributed by atoms with Crippen molar-refractivity contribution < 1.29 is 14.3 Å². The number of aromatic nitrogens is 4. The Hall–Kier alpha value is -3.33. The Bertz CT molecular complexity index is 1030. The molecule has 0 unspecified atom stereocenters. The van der Waals surface area contributed by atoms with Gasteiger partial charge < -0.3 is 20.1 Å². The number of anilines is 1. The molecule has 0 fully saturated rings. The third-order valence-corrected chi connectivity index (χ3v) is 4.93. The first-order chi connectivity index (χ1) is 15.2. The molecule has 0 radical (unpaired) electrons. The summed E-state index contributed by atoms with van der Waals surface area (Å²) in [6.45, 7) is 1.45. The molecule has 2 aromatic heterocycles. The zero-order valence-electron chi connectivity index (χ0n) is 16.9. The first kappa shape index (κ1) is 20.9. The summed E-state index contributed by atoms with van der Waals surface area (Å²) in [4.78, 5) is 24.7. The molecule has 0 spiro atoms. The van der Waals surface area contributed by atoms with Gasteiger partial charge in [-0.1, -0.05) is 24.1 Å². The highest BCUT2D eigenvalue weighted by atomic mass is 35.5. The van der Waals surface area contributed by atoms with E-state index in [4.69, 9.17) is 21.1 Å². The number of hydrogen-bond acceptors (Lipinski definition) is 7. The fourth-order valence-electron chi connectivity index (χ4n) is 3.13. The van der Waals surface area contributed by atoms with Gasteiger partial charge in [-0.3, -0.25) is 9.36 Å². The minimum Gasteiger partial charge on any atom is -0.454 e. The van der Waals surface area contributed by atoms with Crippen LogP contribution in [0.25, 0.3) is 5.95 Å². The van der Waals surface area contributed by atoms with Crippen LogP contribution in [0.2, 0.25) is 5.15 Å². The third-order valence-electron chi connectivity index (χ3n) is 4.73. The first-order valence-corrected chi connectivity index (χ1v) is 10.5. The Labute approximate surface area is 184 Å². The molecule has 1 aromatic carbocycles. The third kappa shape index (κ3) is 5.85. The highest BCUT2D eigenvalue weighted by Gasteiger charge is 2.13. The number of halogens is 1. The van der Waals surface area contributed by atoms with Crippen molar-refractivity contribution >= 4 is 23.3 Å². The maximum Gasteiger partial charge on any atom is 0.238 e. The minimum atomic E-state index is 0.0400. The zero-order chi connectivity index (χ0) is 21.5. The molecule has 4 rings (SSSR count). The summed E-state index contributed by atoms with van der Waals surface area (Å²) in [5.74, 6) is 2.63. The fourth-order valence-corrected chi connectivity index (χ4v) is 3.31. The maximum atomic E-state index is 12.1. The van der Waals surface area contributed by atoms with Gasteiger partial charge in [-0.15, -0.1) is 0 Å². The molecule has 9 nitrogen and oxygen atoms in total. The van der Waals surface area contributed by atoms with Gasteiger partial charge in [0.2, 0.25) is 18.6 Å². The van der Waals surface area contributed by atoms with E-state index in [0.717, 1.165) is 42.9 Å². The van der Waals surface area contributed by atoms with Crippen LogP contribution < -0.4 is 20.1 Å². The first-order valence-electron chi connectivity index (χ1n) is 10.1. The number of fused-ring (bicyclic) bond motifs is 1. The average molecular weight is 443 g/mol. The van der Waals surface area contributed by atoms with Gasteiger partial charge in [-0.05, 0) is 30.5 Å². The summed E-state index contributed by atoms with van der Waals surface area (Å²) in [6, 6.07) is 7.37. The predicted octanol–water partition coefficient (Wildman–Crippen LogP) is 3.33. The molecule has 0 saturated carbocycles. The van der Waals surface area contributed by atoms with Crippen molar-refractivity contribution in [3.63, 3.8) is 0 Å². The molecule has 1 aliphatic rings. The van der Waals surface area contributed by atoms with Crippen LogP contribution in [0.1, 0.15) is 31.2 Å². The van der Waals surface area contributed by atoms with Gasteiger partial charge in [-0.2, -0.15) is 4.98 Å². The second kappa shape index (κ2) is 10.1. The van der Waals surface area contributed by atoms with E-state index >= 15 is 0 Å². The van der Waals surface area contributed by atoms with E-state index in [1.54, 1.807) is 29.4 Å². The molecular weight excluding hydrogens is 420 g/mol. The SMILES string of the molecule is O=C(CCCCCNc1cc(Cl)nc(-n2ccnc2)n1)NCc1ccc2c(c1)OCO2. The van der Waals surface area contributed by atoms with Gasteiger partial charge in [0.05, 0.1) is 0 Å². The van der Waals surface area contributed by atoms with E-state index in [0.29, 0.717) is 29.9 Å². The lowest BCUT2D eigenvalue weighted by Crippen LogP contribution is -2.22. The lowest BCUT2D eigenvalue weighted by molar-refractivity contribution is -0.121. The van der Waals surface area contributed by atoms with Crippen LogP contribution in [-0.4, -0.2) is 38.8 Å². The Morgan fingerprint density at radius 2 is 2.03 bits per heavy atom. The number of rotatable bonds is 10. The van der Waals surface area contributed by atoms with Gasteiger partial charge in [0.25, 0.3) is 0 Å².